The van der Waals surface area contributed by atoms with Gasteiger partial charge in [-0.25, -0.2) is 0 Å². The summed E-state index contributed by atoms with van der Waals surface area (Å²) < 4.78 is 12.5. The van der Waals surface area contributed by atoms with E-state index in [0.717, 1.165) is 38.5 Å². The first-order valence-corrected chi connectivity index (χ1v) is 11.4. The Kier molecular flexibility index (Phi) is 5.73. The van der Waals surface area contributed by atoms with E-state index >= 15 is 0 Å². The largest absolute Gasteiger partial charge is 0.393 e. The van der Waals surface area contributed by atoms with Gasteiger partial charge < -0.3 is 19.7 Å². The van der Waals surface area contributed by atoms with Gasteiger partial charge in [0.1, 0.15) is 0 Å². The molecule has 3 saturated carbocycles. The van der Waals surface area contributed by atoms with Crippen molar-refractivity contribution in [1.82, 2.24) is 0 Å². The third-order valence-electron chi connectivity index (χ3n) is 8.45. The zero-order valence-corrected chi connectivity index (χ0v) is 17.1. The van der Waals surface area contributed by atoms with Crippen LogP contribution in [0.1, 0.15) is 71.6 Å². The monoisotopic (exact) mass is 378 g/mol. The summed E-state index contributed by atoms with van der Waals surface area (Å²) in [6.07, 6.45) is 13.3. The Hall–Kier alpha value is -0.420. The van der Waals surface area contributed by atoms with Crippen molar-refractivity contribution in [3.8, 4) is 0 Å². The van der Waals surface area contributed by atoms with Crippen molar-refractivity contribution in [1.29, 1.82) is 0 Å². The van der Waals surface area contributed by atoms with Crippen LogP contribution in [-0.2, 0) is 9.47 Å². The van der Waals surface area contributed by atoms with E-state index < -0.39 is 5.79 Å². The van der Waals surface area contributed by atoms with E-state index in [1.54, 1.807) is 0 Å². The molecule has 4 nitrogen and oxygen atoms in total. The lowest BCUT2D eigenvalue weighted by atomic mass is 9.39. The number of aliphatic hydroxyl groups excluding tert-OH is 2. The molecule has 2 N–H and O–H groups in total. The van der Waals surface area contributed by atoms with Crippen molar-refractivity contribution >= 4 is 0 Å². The quantitative estimate of drug-likeness (QED) is 0.709. The SMILES string of the molecule is CCC1[C@H]2[C@H](/C=C/[C@@H](O)C3CCCCC3)[C@@H](O)CC[C@@]2(CC)C12OCCO2. The minimum Gasteiger partial charge on any atom is -0.393 e. The average molecular weight is 379 g/mol. The van der Waals surface area contributed by atoms with E-state index in [1.165, 1.54) is 19.3 Å². The number of hydrogen-bond donors (Lipinski definition) is 2. The maximum atomic E-state index is 10.9. The molecule has 4 fully saturated rings. The third kappa shape index (κ3) is 2.94. The van der Waals surface area contributed by atoms with Crippen LogP contribution in [0.2, 0.25) is 0 Å². The van der Waals surface area contributed by atoms with Crippen LogP contribution in [-0.4, -0.2) is 41.4 Å². The van der Waals surface area contributed by atoms with Crippen LogP contribution in [0.3, 0.4) is 0 Å². The Morgan fingerprint density at radius 2 is 1.78 bits per heavy atom. The van der Waals surface area contributed by atoms with Gasteiger partial charge in [0.2, 0.25) is 0 Å². The normalized spacial score (nSPS) is 43.0. The molecule has 1 heterocycles. The molecule has 27 heavy (non-hydrogen) atoms. The molecule has 1 unspecified atom stereocenters. The lowest BCUT2D eigenvalue weighted by Crippen LogP contribution is -2.74. The molecule has 4 heteroatoms. The molecular weight excluding hydrogens is 340 g/mol. The lowest BCUT2D eigenvalue weighted by molar-refractivity contribution is -0.392. The molecular formula is C23H38O4. The first kappa shape index (κ1) is 19.9. The van der Waals surface area contributed by atoms with Crippen LogP contribution < -0.4 is 0 Å². The molecule has 1 saturated heterocycles. The van der Waals surface area contributed by atoms with Crippen molar-refractivity contribution < 1.29 is 19.7 Å². The molecule has 1 spiro atoms. The van der Waals surface area contributed by atoms with E-state index in [0.29, 0.717) is 31.0 Å². The van der Waals surface area contributed by atoms with Crippen molar-refractivity contribution in [2.24, 2.45) is 29.1 Å². The van der Waals surface area contributed by atoms with E-state index in [1.807, 2.05) is 6.08 Å². The van der Waals surface area contributed by atoms with Crippen molar-refractivity contribution in [3.63, 3.8) is 0 Å². The molecule has 0 aromatic carbocycles. The van der Waals surface area contributed by atoms with Gasteiger partial charge in [0.15, 0.2) is 5.79 Å². The van der Waals surface area contributed by atoms with Gasteiger partial charge in [-0.1, -0.05) is 45.3 Å². The highest BCUT2D eigenvalue weighted by atomic mass is 16.7. The summed E-state index contributed by atoms with van der Waals surface area (Å²) in [4.78, 5) is 0. The van der Waals surface area contributed by atoms with Gasteiger partial charge in [-0.2, -0.15) is 0 Å². The summed E-state index contributed by atoms with van der Waals surface area (Å²) in [7, 11) is 0. The van der Waals surface area contributed by atoms with E-state index in [4.69, 9.17) is 9.47 Å². The molecule has 3 aliphatic carbocycles. The van der Waals surface area contributed by atoms with Crippen LogP contribution in [0.25, 0.3) is 0 Å². The van der Waals surface area contributed by atoms with Crippen molar-refractivity contribution in [3.05, 3.63) is 12.2 Å². The molecule has 0 amide bonds. The van der Waals surface area contributed by atoms with Crippen LogP contribution in [0.15, 0.2) is 12.2 Å². The summed E-state index contributed by atoms with van der Waals surface area (Å²) in [6, 6.07) is 0. The van der Waals surface area contributed by atoms with Gasteiger partial charge >= 0.3 is 0 Å². The minimum atomic E-state index is -0.435. The fourth-order valence-corrected chi connectivity index (χ4v) is 7.18. The first-order chi connectivity index (χ1) is 13.1. The Bertz CT molecular complexity index is 534. The van der Waals surface area contributed by atoms with Gasteiger partial charge in [-0.3, -0.25) is 0 Å². The van der Waals surface area contributed by atoms with Gasteiger partial charge in [-0.05, 0) is 50.4 Å². The Labute approximate surface area is 164 Å². The fraction of sp³-hybridized carbons (Fsp3) is 0.913. The molecule has 6 atom stereocenters. The summed E-state index contributed by atoms with van der Waals surface area (Å²) in [5.41, 5.74) is 0.00814. The highest BCUT2D eigenvalue weighted by Crippen LogP contribution is 2.71. The standard InChI is InChI=1S/C23H38O4/c1-3-18-21-17(10-11-19(24)16-8-6-5-7-9-16)20(25)12-13-22(21,4-2)23(18)26-14-15-27-23/h10-11,16-21,24-25H,3-9,12-15H2,1-2H3/b11-10+/t17-,18?,19-,20+,21-,22-/m1/s1. The molecule has 0 aromatic rings. The zero-order valence-electron chi connectivity index (χ0n) is 17.1. The topological polar surface area (TPSA) is 58.9 Å². The van der Waals surface area contributed by atoms with Gasteiger partial charge in [-0.15, -0.1) is 0 Å². The number of ether oxygens (including phenoxy) is 2. The maximum absolute atomic E-state index is 10.9. The third-order valence-corrected chi connectivity index (χ3v) is 8.45. The highest BCUT2D eigenvalue weighted by molar-refractivity contribution is 5.22. The predicted molar refractivity (Wildman–Crippen MR) is 105 cm³/mol. The van der Waals surface area contributed by atoms with Gasteiger partial charge in [0, 0.05) is 17.3 Å². The minimum absolute atomic E-state index is 0.00814. The molecule has 154 valence electrons. The second-order valence-electron chi connectivity index (χ2n) is 9.37. The zero-order chi connectivity index (χ0) is 19.1. The summed E-state index contributed by atoms with van der Waals surface area (Å²) in [5.74, 6) is 0.763. The van der Waals surface area contributed by atoms with E-state index in [9.17, 15) is 10.2 Å². The van der Waals surface area contributed by atoms with Gasteiger partial charge in [0.05, 0.1) is 25.4 Å². The first-order valence-electron chi connectivity index (χ1n) is 11.4. The molecule has 0 radical (unpaired) electrons. The Morgan fingerprint density at radius 3 is 2.41 bits per heavy atom. The smallest absolute Gasteiger partial charge is 0.177 e. The fourth-order valence-electron chi connectivity index (χ4n) is 7.18. The van der Waals surface area contributed by atoms with E-state index in [2.05, 4.69) is 19.9 Å². The van der Waals surface area contributed by atoms with Crippen LogP contribution >= 0.6 is 0 Å². The molecule has 4 aliphatic rings. The molecule has 0 bridgehead atoms. The van der Waals surface area contributed by atoms with Crippen LogP contribution in [0, 0.1) is 29.1 Å². The van der Waals surface area contributed by atoms with Crippen LogP contribution in [0.4, 0.5) is 0 Å². The number of fused-ring (bicyclic) bond motifs is 2. The highest BCUT2D eigenvalue weighted by Gasteiger charge is 2.76. The Balaban J connectivity index is 1.56. The number of hydrogen-bond acceptors (Lipinski definition) is 4. The predicted octanol–water partition coefficient (Wildman–Crippen LogP) is 4.05. The van der Waals surface area contributed by atoms with Crippen molar-refractivity contribution in [2.45, 2.75) is 89.6 Å². The van der Waals surface area contributed by atoms with Crippen LogP contribution in [0.5, 0.6) is 0 Å². The van der Waals surface area contributed by atoms with Crippen molar-refractivity contribution in [2.75, 3.05) is 13.2 Å². The number of aliphatic hydroxyl groups is 2. The molecule has 4 rings (SSSR count). The summed E-state index contributed by atoms with van der Waals surface area (Å²) in [5, 5.41) is 21.5. The molecule has 0 aromatic heterocycles. The Morgan fingerprint density at radius 1 is 1.07 bits per heavy atom. The van der Waals surface area contributed by atoms with E-state index in [-0.39, 0.29) is 23.5 Å². The number of rotatable bonds is 5. The lowest BCUT2D eigenvalue weighted by Gasteiger charge is -2.70. The summed E-state index contributed by atoms with van der Waals surface area (Å²) >= 11 is 0. The van der Waals surface area contributed by atoms with Gasteiger partial charge in [0.25, 0.3) is 0 Å². The second kappa shape index (κ2) is 7.78. The average Bonchev–Trinajstić information content (AvgIpc) is 3.21. The molecule has 1 aliphatic heterocycles. The second-order valence-corrected chi connectivity index (χ2v) is 9.37. The maximum Gasteiger partial charge on any atom is 0.177 e. The summed E-state index contributed by atoms with van der Waals surface area (Å²) in [6.45, 7) is 5.85.